The van der Waals surface area contributed by atoms with Crippen molar-refractivity contribution >= 4 is 5.52 Å². The van der Waals surface area contributed by atoms with Gasteiger partial charge in [-0.05, 0) is 48.4 Å². The van der Waals surface area contributed by atoms with Gasteiger partial charge in [-0.25, -0.2) is 9.50 Å². The molecular weight excluding hydrogens is 438 g/mol. The zero-order valence-corrected chi connectivity index (χ0v) is 22.8. The van der Waals surface area contributed by atoms with E-state index in [1.54, 1.807) is 17.8 Å². The summed E-state index contributed by atoms with van der Waals surface area (Å²) >= 11 is 0. The Balaban J connectivity index is 0.000000671. The van der Waals surface area contributed by atoms with E-state index in [0.717, 1.165) is 40.8 Å². The molecule has 0 amide bonds. The summed E-state index contributed by atoms with van der Waals surface area (Å²) in [6.45, 7) is 14.1. The van der Waals surface area contributed by atoms with Crippen molar-refractivity contribution in [3.63, 3.8) is 0 Å². The number of nitrogens with zero attached hydrogens (tertiary/aromatic N) is 4. The van der Waals surface area contributed by atoms with Crippen LogP contribution in [0.2, 0.25) is 0 Å². The zero-order valence-electron chi connectivity index (χ0n) is 22.8. The first kappa shape index (κ1) is 27.9. The number of ether oxygens (including phenoxy) is 1. The third-order valence-corrected chi connectivity index (χ3v) is 6.02. The number of nitrogens with one attached hydrogen (secondary N) is 1. The van der Waals surface area contributed by atoms with E-state index < -0.39 is 0 Å². The number of aryl methyl sites for hydroxylation is 1. The molecule has 7 heteroatoms. The molecule has 0 unspecified atom stereocenters. The molecule has 5 rings (SSSR count). The Kier molecular flexibility index (Phi) is 10.3. The largest absolute Gasteiger partial charge is 0.496 e. The molecule has 4 aromatic rings. The minimum atomic E-state index is -0.133. The number of H-pyrrole nitrogens is 1. The highest BCUT2D eigenvalue weighted by Gasteiger charge is 2.29. The van der Waals surface area contributed by atoms with Crippen molar-refractivity contribution < 1.29 is 4.74 Å². The van der Waals surface area contributed by atoms with Gasteiger partial charge in [-0.3, -0.25) is 4.79 Å². The Morgan fingerprint density at radius 1 is 1.06 bits per heavy atom. The van der Waals surface area contributed by atoms with E-state index in [-0.39, 0.29) is 5.56 Å². The van der Waals surface area contributed by atoms with Crippen LogP contribution >= 0.6 is 0 Å². The van der Waals surface area contributed by atoms with Gasteiger partial charge in [-0.2, -0.15) is 0 Å². The summed E-state index contributed by atoms with van der Waals surface area (Å²) in [4.78, 5) is 20.4. The van der Waals surface area contributed by atoms with E-state index in [9.17, 15) is 4.79 Å². The maximum Gasteiger partial charge on any atom is 0.275 e. The Hall–Kier alpha value is -3.35. The van der Waals surface area contributed by atoms with Crippen molar-refractivity contribution in [2.45, 2.75) is 73.6 Å². The minimum absolute atomic E-state index is 0.133. The second-order valence-corrected chi connectivity index (χ2v) is 7.67. The molecule has 0 saturated heterocycles. The summed E-state index contributed by atoms with van der Waals surface area (Å²) in [6, 6.07) is 6.04. The molecular formula is C28H41N5O2. The Morgan fingerprint density at radius 3 is 2.29 bits per heavy atom. The number of benzene rings is 1. The fourth-order valence-corrected chi connectivity index (χ4v) is 4.26. The average molecular weight is 480 g/mol. The van der Waals surface area contributed by atoms with Crippen molar-refractivity contribution in [2.24, 2.45) is 7.05 Å². The maximum atomic E-state index is 13.1. The van der Waals surface area contributed by atoms with Gasteiger partial charge in [0.25, 0.3) is 5.56 Å². The van der Waals surface area contributed by atoms with E-state index in [2.05, 4.69) is 23.0 Å². The molecule has 0 spiro atoms. The number of fused-ring (bicyclic) bond motifs is 1. The first-order valence-corrected chi connectivity index (χ1v) is 12.9. The van der Waals surface area contributed by atoms with Crippen LogP contribution in [0.3, 0.4) is 0 Å². The molecule has 0 radical (unpaired) electrons. The fraction of sp³-hybridized carbons (Fsp3) is 0.464. The van der Waals surface area contributed by atoms with Crippen LogP contribution in [0.15, 0.2) is 41.6 Å². The maximum absolute atomic E-state index is 13.1. The van der Waals surface area contributed by atoms with Gasteiger partial charge < -0.3 is 14.3 Å². The van der Waals surface area contributed by atoms with Crippen LogP contribution in [0.1, 0.15) is 77.8 Å². The molecule has 7 nitrogen and oxygen atoms in total. The van der Waals surface area contributed by atoms with Crippen LogP contribution in [-0.4, -0.2) is 31.3 Å². The summed E-state index contributed by atoms with van der Waals surface area (Å²) in [5, 5.41) is 4.71. The van der Waals surface area contributed by atoms with Gasteiger partial charge in [-0.1, -0.05) is 60.1 Å². The predicted octanol–water partition coefficient (Wildman–Crippen LogP) is 6.75. The van der Waals surface area contributed by atoms with E-state index in [1.807, 2.05) is 77.7 Å². The molecule has 1 saturated carbocycles. The molecule has 0 bridgehead atoms. The van der Waals surface area contributed by atoms with E-state index in [1.165, 1.54) is 6.42 Å². The van der Waals surface area contributed by atoms with Gasteiger partial charge in [0.15, 0.2) is 11.6 Å². The summed E-state index contributed by atoms with van der Waals surface area (Å²) < 4.78 is 9.09. The van der Waals surface area contributed by atoms with Gasteiger partial charge in [0.05, 0.1) is 7.11 Å². The molecule has 1 aromatic carbocycles. The molecule has 35 heavy (non-hydrogen) atoms. The highest BCUT2D eigenvalue weighted by atomic mass is 16.5. The average Bonchev–Trinajstić information content (AvgIpc) is 3.46. The molecule has 1 aliphatic rings. The van der Waals surface area contributed by atoms with Crippen molar-refractivity contribution in [3.05, 3.63) is 58.3 Å². The van der Waals surface area contributed by atoms with Crippen molar-refractivity contribution in [3.8, 4) is 28.5 Å². The highest BCUT2D eigenvalue weighted by molar-refractivity contribution is 5.80. The number of hydrogen-bond acceptors (Lipinski definition) is 4. The number of hydrogen-bond donors (Lipinski definition) is 1. The molecule has 1 fully saturated rings. The fourth-order valence-electron chi connectivity index (χ4n) is 4.26. The number of aromatic amines is 1. The lowest BCUT2D eigenvalue weighted by molar-refractivity contribution is 0.412. The lowest BCUT2D eigenvalue weighted by atomic mass is 9.77. The quantitative estimate of drug-likeness (QED) is 0.351. The number of rotatable bonds is 4. The third kappa shape index (κ3) is 5.34. The topological polar surface area (TPSA) is 77.2 Å². The monoisotopic (exact) mass is 479 g/mol. The first-order chi connectivity index (χ1) is 17.1. The smallest absolute Gasteiger partial charge is 0.275 e. The molecule has 1 N–H and O–H groups in total. The zero-order chi connectivity index (χ0) is 26.1. The second kappa shape index (κ2) is 12.9. The lowest BCUT2D eigenvalue weighted by Gasteiger charge is -2.26. The summed E-state index contributed by atoms with van der Waals surface area (Å²) in [7, 11) is 3.56. The molecule has 190 valence electrons. The number of imidazole rings is 1. The number of aromatic nitrogens is 5. The van der Waals surface area contributed by atoms with Crippen LogP contribution in [0.5, 0.6) is 5.75 Å². The lowest BCUT2D eigenvalue weighted by Crippen LogP contribution is -2.18. The van der Waals surface area contributed by atoms with Gasteiger partial charge >= 0.3 is 0 Å². The van der Waals surface area contributed by atoms with Crippen LogP contribution in [0.4, 0.5) is 0 Å². The van der Waals surface area contributed by atoms with E-state index in [4.69, 9.17) is 9.84 Å². The Bertz CT molecular complexity index is 1280. The van der Waals surface area contributed by atoms with Crippen LogP contribution < -0.4 is 10.3 Å². The third-order valence-electron chi connectivity index (χ3n) is 6.02. The molecule has 3 aromatic heterocycles. The van der Waals surface area contributed by atoms with Gasteiger partial charge in [-0.15, -0.1) is 5.10 Å². The molecule has 0 aliphatic heterocycles. The van der Waals surface area contributed by atoms with E-state index in [0.29, 0.717) is 23.1 Å². The minimum Gasteiger partial charge on any atom is -0.496 e. The Morgan fingerprint density at radius 2 is 1.74 bits per heavy atom. The SMILES string of the molecule is CC.CC.CC.COc1cccc(-c2cn3nc(-c4nccn4C)[nH]c(=O)c3c2C2CCC2)c1C. The van der Waals surface area contributed by atoms with Crippen molar-refractivity contribution in [1.82, 2.24) is 24.1 Å². The van der Waals surface area contributed by atoms with Crippen LogP contribution in [0, 0.1) is 6.92 Å². The normalized spacial score (nSPS) is 12.4. The number of methoxy groups -OCH3 is 1. The Labute approximate surface area is 209 Å². The van der Waals surface area contributed by atoms with Gasteiger partial charge in [0, 0.05) is 31.2 Å². The van der Waals surface area contributed by atoms with Crippen LogP contribution in [-0.2, 0) is 7.05 Å². The summed E-state index contributed by atoms with van der Waals surface area (Å²) in [5.41, 5.74) is 4.78. The highest BCUT2D eigenvalue weighted by Crippen LogP contribution is 2.44. The molecule has 0 atom stereocenters. The first-order valence-electron chi connectivity index (χ1n) is 12.9. The molecule has 1 aliphatic carbocycles. The van der Waals surface area contributed by atoms with Gasteiger partial charge in [0.1, 0.15) is 11.3 Å². The van der Waals surface area contributed by atoms with E-state index >= 15 is 0 Å². The molecule has 3 heterocycles. The summed E-state index contributed by atoms with van der Waals surface area (Å²) in [5.74, 6) is 2.30. The predicted molar refractivity (Wildman–Crippen MR) is 145 cm³/mol. The van der Waals surface area contributed by atoms with Crippen molar-refractivity contribution in [2.75, 3.05) is 7.11 Å². The van der Waals surface area contributed by atoms with Crippen molar-refractivity contribution in [1.29, 1.82) is 0 Å². The standard InChI is InChI=1S/C22H23N5O2.3C2H6/c1-13-15(8-5-9-17(13)29-3)16-12-27-19(18(16)14-6-4-7-14)22(28)24-20(25-27)21-23-10-11-26(21)2;3*1-2/h5,8-12,14H,4,6-7H2,1-3H3,(H,24,25,28);3*1-2H3. The summed E-state index contributed by atoms with van der Waals surface area (Å²) in [6.07, 6.45) is 8.88. The van der Waals surface area contributed by atoms with Crippen LogP contribution in [0.25, 0.3) is 28.3 Å². The van der Waals surface area contributed by atoms with Gasteiger partial charge in [0.2, 0.25) is 0 Å². The second-order valence-electron chi connectivity index (χ2n) is 7.67.